The quantitative estimate of drug-likeness (QED) is 0.871. The zero-order chi connectivity index (χ0) is 16.8. The molecule has 0 radical (unpaired) electrons. The van der Waals surface area contributed by atoms with Gasteiger partial charge < -0.3 is 14.8 Å². The first kappa shape index (κ1) is 16.9. The molecule has 0 saturated heterocycles. The summed E-state index contributed by atoms with van der Waals surface area (Å²) in [4.78, 5) is 12.3. The number of benzene rings is 2. The molecule has 0 spiro atoms. The largest absolute Gasteiger partial charge is 0.493 e. The molecule has 122 valence electrons. The molecule has 0 fully saturated rings. The minimum Gasteiger partial charge on any atom is -0.493 e. The first-order valence-corrected chi connectivity index (χ1v) is 7.62. The Hall–Kier alpha value is -2.49. The summed E-state index contributed by atoms with van der Waals surface area (Å²) >= 11 is 0. The van der Waals surface area contributed by atoms with Gasteiger partial charge in [0.2, 0.25) is 5.91 Å². The lowest BCUT2D eigenvalue weighted by molar-refractivity contribution is -0.116. The van der Waals surface area contributed by atoms with E-state index in [1.54, 1.807) is 20.3 Å². The van der Waals surface area contributed by atoms with Gasteiger partial charge in [-0.1, -0.05) is 37.3 Å². The van der Waals surface area contributed by atoms with Crippen LogP contribution in [0.3, 0.4) is 0 Å². The molecule has 1 amide bonds. The number of hydrogen-bond acceptors (Lipinski definition) is 3. The number of aryl methyl sites for hydroxylation is 1. The van der Waals surface area contributed by atoms with Crippen LogP contribution in [0.15, 0.2) is 42.5 Å². The van der Waals surface area contributed by atoms with E-state index in [1.165, 1.54) is 0 Å². The topological polar surface area (TPSA) is 47.6 Å². The summed E-state index contributed by atoms with van der Waals surface area (Å²) in [7, 11) is 3.17. The average Bonchev–Trinajstić information content (AvgIpc) is 2.56. The first-order valence-electron chi connectivity index (χ1n) is 7.62. The van der Waals surface area contributed by atoms with Crippen molar-refractivity contribution >= 4 is 11.6 Å². The van der Waals surface area contributed by atoms with Gasteiger partial charge in [0.05, 0.1) is 14.2 Å². The van der Waals surface area contributed by atoms with Gasteiger partial charge in [-0.15, -0.1) is 0 Å². The number of amides is 1. The SMILES string of the molecule is COc1cc(C)c(NC(=O)C[C@H](C)c2ccccc2)cc1OC. The molecule has 0 unspecified atom stereocenters. The van der Waals surface area contributed by atoms with Gasteiger partial charge in [0, 0.05) is 18.2 Å². The van der Waals surface area contributed by atoms with Gasteiger partial charge in [-0.25, -0.2) is 0 Å². The number of carbonyl (C=O) groups is 1. The Morgan fingerprint density at radius 2 is 1.70 bits per heavy atom. The van der Waals surface area contributed by atoms with Gasteiger partial charge in [0.25, 0.3) is 0 Å². The summed E-state index contributed by atoms with van der Waals surface area (Å²) in [5.41, 5.74) is 2.84. The number of rotatable bonds is 6. The molecule has 1 atom stereocenters. The third-order valence-electron chi connectivity index (χ3n) is 3.86. The lowest BCUT2D eigenvalue weighted by atomic mass is 9.97. The van der Waals surface area contributed by atoms with Gasteiger partial charge in [0.1, 0.15) is 0 Å². The van der Waals surface area contributed by atoms with E-state index in [-0.39, 0.29) is 11.8 Å². The second kappa shape index (κ2) is 7.68. The summed E-state index contributed by atoms with van der Waals surface area (Å²) in [5.74, 6) is 1.40. The Morgan fingerprint density at radius 3 is 2.30 bits per heavy atom. The van der Waals surface area contributed by atoms with Crippen molar-refractivity contribution in [1.29, 1.82) is 0 Å². The van der Waals surface area contributed by atoms with Crippen LogP contribution in [0.1, 0.15) is 30.4 Å². The maximum atomic E-state index is 12.3. The highest BCUT2D eigenvalue weighted by Gasteiger charge is 2.14. The summed E-state index contributed by atoms with van der Waals surface area (Å²) in [5, 5.41) is 2.96. The minimum atomic E-state index is -0.0170. The molecule has 0 aliphatic carbocycles. The van der Waals surface area contributed by atoms with Crippen LogP contribution >= 0.6 is 0 Å². The third kappa shape index (κ3) is 4.25. The van der Waals surface area contributed by atoms with E-state index >= 15 is 0 Å². The van der Waals surface area contributed by atoms with Gasteiger partial charge in [-0.05, 0) is 30.0 Å². The molecule has 0 bridgehead atoms. The van der Waals surface area contributed by atoms with Crippen LogP contribution in [-0.2, 0) is 4.79 Å². The van der Waals surface area contributed by atoms with E-state index in [1.807, 2.05) is 43.3 Å². The molecule has 2 aromatic rings. The van der Waals surface area contributed by atoms with E-state index in [4.69, 9.17) is 9.47 Å². The van der Waals surface area contributed by atoms with Crippen LogP contribution in [-0.4, -0.2) is 20.1 Å². The highest BCUT2D eigenvalue weighted by Crippen LogP contribution is 2.33. The molecule has 2 rings (SSSR count). The van der Waals surface area contributed by atoms with E-state index < -0.39 is 0 Å². The molecule has 0 aliphatic rings. The van der Waals surface area contributed by atoms with Crippen molar-refractivity contribution < 1.29 is 14.3 Å². The fraction of sp³-hybridized carbons (Fsp3) is 0.316. The standard InChI is InChI=1S/C19H23NO3/c1-13(15-8-6-5-7-9-15)11-19(21)20-16-12-18(23-4)17(22-3)10-14(16)2/h5-10,12-13H,11H2,1-4H3,(H,20,21)/t13-/m0/s1. The first-order chi connectivity index (χ1) is 11.0. The van der Waals surface area contributed by atoms with Crippen LogP contribution in [0, 0.1) is 6.92 Å². The van der Waals surface area contributed by atoms with E-state index in [9.17, 15) is 4.79 Å². The summed E-state index contributed by atoms with van der Waals surface area (Å²) in [6.07, 6.45) is 0.428. The Labute approximate surface area is 137 Å². The minimum absolute atomic E-state index is 0.0170. The number of anilines is 1. The molecular formula is C19H23NO3. The lowest BCUT2D eigenvalue weighted by Crippen LogP contribution is -2.15. The molecule has 0 aromatic heterocycles. The number of ether oxygens (including phenoxy) is 2. The van der Waals surface area contributed by atoms with Crippen LogP contribution in [0.4, 0.5) is 5.69 Å². The Morgan fingerprint density at radius 1 is 1.09 bits per heavy atom. The Kier molecular flexibility index (Phi) is 5.63. The lowest BCUT2D eigenvalue weighted by Gasteiger charge is -2.15. The smallest absolute Gasteiger partial charge is 0.224 e. The van der Waals surface area contributed by atoms with Gasteiger partial charge in [-0.2, -0.15) is 0 Å². The maximum Gasteiger partial charge on any atom is 0.224 e. The van der Waals surface area contributed by atoms with Gasteiger partial charge >= 0.3 is 0 Å². The van der Waals surface area contributed by atoms with Crippen molar-refractivity contribution in [1.82, 2.24) is 0 Å². The fourth-order valence-electron chi connectivity index (χ4n) is 2.49. The Balaban J connectivity index is 2.08. The van der Waals surface area contributed by atoms with Crippen molar-refractivity contribution in [2.75, 3.05) is 19.5 Å². The molecule has 4 nitrogen and oxygen atoms in total. The van der Waals surface area contributed by atoms with E-state index in [2.05, 4.69) is 12.2 Å². The van der Waals surface area contributed by atoms with Gasteiger partial charge in [-0.3, -0.25) is 4.79 Å². The van der Waals surface area contributed by atoms with Crippen LogP contribution in [0.25, 0.3) is 0 Å². The molecule has 4 heteroatoms. The molecule has 0 aliphatic heterocycles. The average molecular weight is 313 g/mol. The summed E-state index contributed by atoms with van der Waals surface area (Å²) < 4.78 is 10.5. The molecule has 1 N–H and O–H groups in total. The molecule has 0 heterocycles. The van der Waals surface area contributed by atoms with Crippen LogP contribution in [0.5, 0.6) is 11.5 Å². The number of hydrogen-bond donors (Lipinski definition) is 1. The Bertz CT molecular complexity index is 668. The molecule has 23 heavy (non-hydrogen) atoms. The second-order valence-corrected chi connectivity index (χ2v) is 5.59. The molecule has 0 saturated carbocycles. The third-order valence-corrected chi connectivity index (χ3v) is 3.86. The maximum absolute atomic E-state index is 12.3. The number of nitrogens with one attached hydrogen (secondary N) is 1. The van der Waals surface area contributed by atoms with Gasteiger partial charge in [0.15, 0.2) is 11.5 Å². The van der Waals surface area contributed by atoms with Crippen LogP contribution < -0.4 is 14.8 Å². The van der Waals surface area contributed by atoms with E-state index in [0.717, 1.165) is 16.8 Å². The van der Waals surface area contributed by atoms with Crippen molar-refractivity contribution in [3.63, 3.8) is 0 Å². The molecular weight excluding hydrogens is 290 g/mol. The molecule has 2 aromatic carbocycles. The van der Waals surface area contributed by atoms with Crippen molar-refractivity contribution in [2.24, 2.45) is 0 Å². The number of carbonyl (C=O) groups excluding carboxylic acids is 1. The van der Waals surface area contributed by atoms with Crippen LogP contribution in [0.2, 0.25) is 0 Å². The summed E-state index contributed by atoms with van der Waals surface area (Å²) in [6, 6.07) is 13.7. The highest BCUT2D eigenvalue weighted by atomic mass is 16.5. The summed E-state index contributed by atoms with van der Waals surface area (Å²) in [6.45, 7) is 3.98. The van der Waals surface area contributed by atoms with Crippen molar-refractivity contribution in [3.8, 4) is 11.5 Å². The zero-order valence-corrected chi connectivity index (χ0v) is 14.1. The monoisotopic (exact) mass is 313 g/mol. The van der Waals surface area contributed by atoms with E-state index in [0.29, 0.717) is 17.9 Å². The normalized spacial score (nSPS) is 11.7. The highest BCUT2D eigenvalue weighted by molar-refractivity contribution is 5.92. The van der Waals surface area contributed by atoms with Crippen molar-refractivity contribution in [2.45, 2.75) is 26.2 Å². The fourth-order valence-corrected chi connectivity index (χ4v) is 2.49. The van der Waals surface area contributed by atoms with Crippen molar-refractivity contribution in [3.05, 3.63) is 53.6 Å². The predicted octanol–water partition coefficient (Wildman–Crippen LogP) is 4.14. The zero-order valence-electron chi connectivity index (χ0n) is 14.1. The number of methoxy groups -OCH3 is 2. The second-order valence-electron chi connectivity index (χ2n) is 5.59. The predicted molar refractivity (Wildman–Crippen MR) is 92.4 cm³/mol.